The minimum atomic E-state index is -0.197. The summed E-state index contributed by atoms with van der Waals surface area (Å²) in [5, 5.41) is 6.59. The van der Waals surface area contributed by atoms with Crippen LogP contribution < -0.4 is 16.4 Å². The molecule has 0 saturated heterocycles. The third kappa shape index (κ3) is 5.75. The Morgan fingerprint density at radius 2 is 2.20 bits per heavy atom. The van der Waals surface area contributed by atoms with Crippen LogP contribution in [0.25, 0.3) is 0 Å². The third-order valence-electron chi connectivity index (χ3n) is 2.37. The largest absolute Gasteiger partial charge is 0.382 e. The molecule has 4 N–H and O–H groups in total. The molecule has 0 saturated carbocycles. The number of aromatic nitrogens is 1. The van der Waals surface area contributed by atoms with E-state index < -0.39 is 0 Å². The van der Waals surface area contributed by atoms with Crippen molar-refractivity contribution < 1.29 is 9.53 Å². The van der Waals surface area contributed by atoms with Crippen molar-refractivity contribution in [3.05, 3.63) is 4.88 Å². The Morgan fingerprint density at radius 3 is 2.85 bits per heavy atom. The van der Waals surface area contributed by atoms with Crippen LogP contribution in [0.2, 0.25) is 0 Å². The van der Waals surface area contributed by atoms with Crippen LogP contribution >= 0.6 is 11.3 Å². The second-order valence-electron chi connectivity index (χ2n) is 4.88. The van der Waals surface area contributed by atoms with Gasteiger partial charge in [0.2, 0.25) is 0 Å². The van der Waals surface area contributed by atoms with Gasteiger partial charge in [0.1, 0.15) is 10.7 Å². The lowest BCUT2D eigenvalue weighted by Crippen LogP contribution is -2.27. The topological polar surface area (TPSA) is 89.3 Å². The minimum Gasteiger partial charge on any atom is -0.382 e. The van der Waals surface area contributed by atoms with Gasteiger partial charge in [-0.1, -0.05) is 32.1 Å². The van der Waals surface area contributed by atoms with Crippen LogP contribution in [0.4, 0.5) is 10.9 Å². The number of thiazole rings is 1. The number of nitrogens with two attached hydrogens (primary N) is 1. The molecule has 0 aliphatic rings. The van der Waals surface area contributed by atoms with E-state index in [0.717, 1.165) is 13.0 Å². The molecule has 1 aromatic heterocycles. The summed E-state index contributed by atoms with van der Waals surface area (Å²) in [6, 6.07) is 0. The molecule has 20 heavy (non-hydrogen) atoms. The van der Waals surface area contributed by atoms with Crippen molar-refractivity contribution in [2.45, 2.75) is 27.2 Å². The average Bonchev–Trinajstić information content (AvgIpc) is 2.76. The number of rotatable bonds is 9. The third-order valence-corrected chi connectivity index (χ3v) is 3.40. The summed E-state index contributed by atoms with van der Waals surface area (Å²) >= 11 is 1.28. The van der Waals surface area contributed by atoms with Crippen molar-refractivity contribution in [1.29, 1.82) is 0 Å². The van der Waals surface area contributed by atoms with Gasteiger partial charge in [-0.3, -0.25) is 4.79 Å². The van der Waals surface area contributed by atoms with Gasteiger partial charge in [0.25, 0.3) is 5.91 Å². The summed E-state index contributed by atoms with van der Waals surface area (Å²) in [4.78, 5) is 16.5. The van der Waals surface area contributed by atoms with Crippen LogP contribution in [0.1, 0.15) is 36.9 Å². The molecular formula is C13H24N4O2S. The van der Waals surface area contributed by atoms with Gasteiger partial charge in [0.05, 0.1) is 6.61 Å². The molecule has 1 amide bonds. The number of hydrogen-bond donors (Lipinski definition) is 3. The standard InChI is InChI=1S/C13H24N4O2S/c1-4-5-16-13-17-11(14)10(20-13)12(18)15-6-7-19-8-9(2)3/h9H,4-8,14H2,1-3H3,(H,15,18)(H,16,17). The van der Waals surface area contributed by atoms with E-state index in [0.29, 0.717) is 35.7 Å². The normalized spacial score (nSPS) is 10.8. The molecule has 1 rings (SSSR count). The van der Waals surface area contributed by atoms with Crippen molar-refractivity contribution in [3.8, 4) is 0 Å². The van der Waals surface area contributed by atoms with Crippen LogP contribution in [0.3, 0.4) is 0 Å². The lowest BCUT2D eigenvalue weighted by molar-refractivity contribution is 0.0890. The Balaban J connectivity index is 2.37. The molecule has 6 nitrogen and oxygen atoms in total. The molecule has 0 bridgehead atoms. The number of nitrogen functional groups attached to an aromatic ring is 1. The fraction of sp³-hybridized carbons (Fsp3) is 0.692. The fourth-order valence-corrected chi connectivity index (χ4v) is 2.26. The first kappa shape index (κ1) is 16.7. The SMILES string of the molecule is CCCNc1nc(N)c(C(=O)NCCOCC(C)C)s1. The first-order valence-corrected chi connectivity index (χ1v) is 7.72. The van der Waals surface area contributed by atoms with E-state index in [4.69, 9.17) is 10.5 Å². The van der Waals surface area contributed by atoms with Gasteiger partial charge in [-0.15, -0.1) is 0 Å². The van der Waals surface area contributed by atoms with Crippen LogP contribution in [0.15, 0.2) is 0 Å². The maximum Gasteiger partial charge on any atom is 0.265 e. The number of carbonyl (C=O) groups excluding carboxylic acids is 1. The molecule has 0 radical (unpaired) electrons. The fourth-order valence-electron chi connectivity index (χ4n) is 1.44. The summed E-state index contributed by atoms with van der Waals surface area (Å²) in [6.07, 6.45) is 0.994. The maximum absolute atomic E-state index is 11.9. The Morgan fingerprint density at radius 1 is 1.45 bits per heavy atom. The predicted molar refractivity (Wildman–Crippen MR) is 83.3 cm³/mol. The zero-order valence-electron chi connectivity index (χ0n) is 12.4. The quantitative estimate of drug-likeness (QED) is 0.607. The average molecular weight is 300 g/mol. The highest BCUT2D eigenvalue weighted by Crippen LogP contribution is 2.24. The smallest absolute Gasteiger partial charge is 0.265 e. The molecule has 0 unspecified atom stereocenters. The molecular weight excluding hydrogens is 276 g/mol. The molecule has 0 aromatic carbocycles. The monoisotopic (exact) mass is 300 g/mol. The van der Waals surface area contributed by atoms with Gasteiger partial charge >= 0.3 is 0 Å². The number of nitrogens with one attached hydrogen (secondary N) is 2. The van der Waals surface area contributed by atoms with Crippen LogP contribution in [0.5, 0.6) is 0 Å². The molecule has 0 aliphatic carbocycles. The lowest BCUT2D eigenvalue weighted by atomic mass is 10.2. The zero-order valence-corrected chi connectivity index (χ0v) is 13.2. The van der Waals surface area contributed by atoms with Crippen molar-refractivity contribution in [3.63, 3.8) is 0 Å². The van der Waals surface area contributed by atoms with E-state index in [-0.39, 0.29) is 11.7 Å². The summed E-state index contributed by atoms with van der Waals surface area (Å²) in [7, 11) is 0. The van der Waals surface area contributed by atoms with Crippen LogP contribution in [-0.4, -0.2) is 37.2 Å². The van der Waals surface area contributed by atoms with E-state index in [1.165, 1.54) is 11.3 Å². The molecule has 1 heterocycles. The molecule has 1 aromatic rings. The summed E-state index contributed by atoms with van der Waals surface area (Å²) in [6.45, 7) is 8.72. The number of amides is 1. The summed E-state index contributed by atoms with van der Waals surface area (Å²) in [5.74, 6) is 0.571. The van der Waals surface area contributed by atoms with Crippen LogP contribution in [-0.2, 0) is 4.74 Å². The van der Waals surface area contributed by atoms with E-state index in [1.54, 1.807) is 0 Å². The van der Waals surface area contributed by atoms with Gasteiger partial charge < -0.3 is 21.1 Å². The van der Waals surface area contributed by atoms with E-state index in [1.807, 2.05) is 0 Å². The number of nitrogens with zero attached hydrogens (tertiary/aromatic N) is 1. The molecule has 0 spiro atoms. The first-order valence-electron chi connectivity index (χ1n) is 6.90. The number of carbonyl (C=O) groups is 1. The second-order valence-corrected chi connectivity index (χ2v) is 5.88. The van der Waals surface area contributed by atoms with Gasteiger partial charge in [-0.05, 0) is 12.3 Å². The maximum atomic E-state index is 11.9. The number of ether oxygens (including phenoxy) is 1. The Kier molecular flexibility index (Phi) is 7.32. The Hall–Kier alpha value is -1.34. The van der Waals surface area contributed by atoms with E-state index in [9.17, 15) is 4.79 Å². The van der Waals surface area contributed by atoms with Crippen molar-refractivity contribution >= 4 is 28.2 Å². The van der Waals surface area contributed by atoms with E-state index in [2.05, 4.69) is 36.4 Å². The molecule has 0 fully saturated rings. The zero-order chi connectivity index (χ0) is 15.0. The van der Waals surface area contributed by atoms with Crippen LogP contribution in [0, 0.1) is 5.92 Å². The van der Waals surface area contributed by atoms with Gasteiger partial charge in [0, 0.05) is 19.7 Å². The Bertz CT molecular complexity index is 421. The predicted octanol–water partition coefficient (Wildman–Crippen LogP) is 1.95. The minimum absolute atomic E-state index is 0.197. The molecule has 0 atom stereocenters. The van der Waals surface area contributed by atoms with Gasteiger partial charge in [-0.2, -0.15) is 0 Å². The van der Waals surface area contributed by atoms with Crippen molar-refractivity contribution in [2.75, 3.05) is 37.4 Å². The summed E-state index contributed by atoms with van der Waals surface area (Å²) < 4.78 is 5.40. The Labute approximate surface area is 124 Å². The highest BCUT2D eigenvalue weighted by molar-refractivity contribution is 7.18. The summed E-state index contributed by atoms with van der Waals surface area (Å²) in [5.41, 5.74) is 5.75. The first-order chi connectivity index (χ1) is 9.54. The second kappa shape index (κ2) is 8.76. The molecule has 114 valence electrons. The van der Waals surface area contributed by atoms with Gasteiger partial charge in [-0.25, -0.2) is 4.98 Å². The van der Waals surface area contributed by atoms with E-state index >= 15 is 0 Å². The van der Waals surface area contributed by atoms with Gasteiger partial charge in [0.15, 0.2) is 5.13 Å². The molecule has 0 aliphatic heterocycles. The highest BCUT2D eigenvalue weighted by atomic mass is 32.1. The number of anilines is 2. The number of hydrogen-bond acceptors (Lipinski definition) is 6. The molecule has 7 heteroatoms. The van der Waals surface area contributed by atoms with Crippen molar-refractivity contribution in [1.82, 2.24) is 10.3 Å². The van der Waals surface area contributed by atoms with Crippen molar-refractivity contribution in [2.24, 2.45) is 5.92 Å². The lowest BCUT2D eigenvalue weighted by Gasteiger charge is -2.07. The highest BCUT2D eigenvalue weighted by Gasteiger charge is 2.15.